The number of benzene rings is 3. The zero-order chi connectivity index (χ0) is 21.6. The van der Waals surface area contributed by atoms with Gasteiger partial charge in [0.1, 0.15) is 12.4 Å². The molecule has 0 aliphatic rings. The minimum absolute atomic E-state index is 0.0182. The van der Waals surface area contributed by atoms with E-state index in [2.05, 4.69) is 5.32 Å². The Morgan fingerprint density at radius 2 is 1.70 bits per heavy atom. The first kappa shape index (κ1) is 21.5. The second kappa shape index (κ2) is 9.50. The van der Waals surface area contributed by atoms with Gasteiger partial charge >= 0.3 is 6.18 Å². The van der Waals surface area contributed by atoms with Crippen LogP contribution in [0.4, 0.5) is 18.9 Å². The summed E-state index contributed by atoms with van der Waals surface area (Å²) in [5, 5.41) is 2.38. The van der Waals surface area contributed by atoms with Crippen molar-refractivity contribution in [3.05, 3.63) is 101 Å². The third kappa shape index (κ3) is 6.12. The zero-order valence-corrected chi connectivity index (χ0v) is 16.4. The lowest BCUT2D eigenvalue weighted by atomic mass is 10.2. The van der Waals surface area contributed by atoms with Gasteiger partial charge in [0, 0.05) is 6.08 Å². The quantitative estimate of drug-likeness (QED) is 0.447. The summed E-state index contributed by atoms with van der Waals surface area (Å²) < 4.78 is 44.1. The van der Waals surface area contributed by atoms with Crippen molar-refractivity contribution in [3.63, 3.8) is 0 Å². The van der Waals surface area contributed by atoms with E-state index < -0.39 is 17.6 Å². The molecule has 0 saturated heterocycles. The number of nitrogens with one attached hydrogen (secondary N) is 1. The van der Waals surface area contributed by atoms with Crippen LogP contribution in [0.3, 0.4) is 0 Å². The second-order valence-electron chi connectivity index (χ2n) is 6.36. The van der Waals surface area contributed by atoms with E-state index in [9.17, 15) is 18.0 Å². The van der Waals surface area contributed by atoms with Crippen LogP contribution in [0.5, 0.6) is 5.75 Å². The van der Waals surface area contributed by atoms with E-state index in [4.69, 9.17) is 16.3 Å². The lowest BCUT2D eigenvalue weighted by molar-refractivity contribution is -0.137. The molecule has 0 radical (unpaired) electrons. The minimum atomic E-state index is -4.52. The van der Waals surface area contributed by atoms with Gasteiger partial charge in [-0.1, -0.05) is 54.1 Å². The van der Waals surface area contributed by atoms with Crippen molar-refractivity contribution in [2.45, 2.75) is 12.8 Å². The first-order valence-electron chi connectivity index (χ1n) is 8.94. The van der Waals surface area contributed by atoms with E-state index in [0.717, 1.165) is 29.3 Å². The topological polar surface area (TPSA) is 38.3 Å². The van der Waals surface area contributed by atoms with Gasteiger partial charge in [0.25, 0.3) is 0 Å². The Bertz CT molecular complexity index is 1030. The number of ether oxygens (including phenoxy) is 1. The van der Waals surface area contributed by atoms with Crippen LogP contribution in [0.25, 0.3) is 6.08 Å². The molecule has 3 aromatic carbocycles. The first-order chi connectivity index (χ1) is 14.3. The maximum absolute atomic E-state index is 12.8. The molecular weight excluding hydrogens is 415 g/mol. The van der Waals surface area contributed by atoms with E-state index in [1.54, 1.807) is 24.3 Å². The third-order valence-electron chi connectivity index (χ3n) is 4.11. The molecule has 154 valence electrons. The van der Waals surface area contributed by atoms with Gasteiger partial charge in [-0.25, -0.2) is 0 Å². The van der Waals surface area contributed by atoms with Gasteiger partial charge in [0.2, 0.25) is 5.91 Å². The van der Waals surface area contributed by atoms with Crippen LogP contribution in [0.15, 0.2) is 78.9 Å². The Morgan fingerprint density at radius 3 is 2.37 bits per heavy atom. The van der Waals surface area contributed by atoms with Gasteiger partial charge in [-0.15, -0.1) is 0 Å². The van der Waals surface area contributed by atoms with Crippen molar-refractivity contribution < 1.29 is 22.7 Å². The van der Waals surface area contributed by atoms with Crippen molar-refractivity contribution in [2.24, 2.45) is 0 Å². The number of anilines is 1. The van der Waals surface area contributed by atoms with E-state index in [1.807, 2.05) is 30.3 Å². The molecule has 1 N–H and O–H groups in total. The van der Waals surface area contributed by atoms with Crippen LogP contribution >= 0.6 is 11.6 Å². The van der Waals surface area contributed by atoms with Crippen molar-refractivity contribution in [2.75, 3.05) is 5.32 Å². The normalized spacial score (nSPS) is 11.5. The predicted octanol–water partition coefficient (Wildman–Crippen LogP) is 6.59. The van der Waals surface area contributed by atoms with Gasteiger partial charge < -0.3 is 10.1 Å². The van der Waals surface area contributed by atoms with E-state index in [-0.39, 0.29) is 10.7 Å². The SMILES string of the molecule is O=C(/C=C/c1ccc(OCc2ccccc2)cc1)Nc1cc(C(F)(F)F)ccc1Cl. The number of hydrogen-bond acceptors (Lipinski definition) is 2. The molecular formula is C23H17ClF3NO2. The van der Waals surface area contributed by atoms with E-state index in [1.165, 1.54) is 12.2 Å². The van der Waals surface area contributed by atoms with Crippen LogP contribution in [0, 0.1) is 0 Å². The highest BCUT2D eigenvalue weighted by molar-refractivity contribution is 6.33. The molecule has 3 nitrogen and oxygen atoms in total. The van der Waals surface area contributed by atoms with Gasteiger partial charge in [0.05, 0.1) is 16.3 Å². The number of amides is 1. The van der Waals surface area contributed by atoms with Gasteiger partial charge in [0.15, 0.2) is 0 Å². The standard InChI is InChI=1S/C23H17ClF3NO2/c24-20-12-9-18(23(25,26)27)14-21(20)28-22(29)13-8-16-6-10-19(11-7-16)30-15-17-4-2-1-3-5-17/h1-14H,15H2,(H,28,29)/b13-8+. The number of halogens is 4. The fourth-order valence-corrected chi connectivity index (χ4v) is 2.72. The number of rotatable bonds is 6. The minimum Gasteiger partial charge on any atom is -0.489 e. The molecule has 0 heterocycles. The van der Waals surface area contributed by atoms with Crippen LogP contribution in [0.1, 0.15) is 16.7 Å². The van der Waals surface area contributed by atoms with Crippen molar-refractivity contribution in [1.29, 1.82) is 0 Å². The Balaban J connectivity index is 1.58. The molecule has 1 amide bonds. The smallest absolute Gasteiger partial charge is 0.416 e. The molecule has 0 bridgehead atoms. The Labute approximate surface area is 176 Å². The lowest BCUT2D eigenvalue weighted by Crippen LogP contribution is -2.11. The van der Waals surface area contributed by atoms with Gasteiger partial charge in [-0.3, -0.25) is 4.79 Å². The summed E-state index contributed by atoms with van der Waals surface area (Å²) in [6.07, 6.45) is -1.77. The molecule has 7 heteroatoms. The summed E-state index contributed by atoms with van der Waals surface area (Å²) in [6, 6.07) is 19.5. The van der Waals surface area contributed by atoms with Gasteiger partial charge in [-0.05, 0) is 47.5 Å². The molecule has 0 atom stereocenters. The number of hydrogen-bond donors (Lipinski definition) is 1. The highest BCUT2D eigenvalue weighted by atomic mass is 35.5. The molecule has 3 rings (SSSR count). The summed E-state index contributed by atoms with van der Waals surface area (Å²) in [4.78, 5) is 12.1. The average Bonchev–Trinajstić information content (AvgIpc) is 2.73. The van der Waals surface area contributed by atoms with Crippen LogP contribution in [0.2, 0.25) is 5.02 Å². The summed E-state index contributed by atoms with van der Waals surface area (Å²) in [7, 11) is 0. The molecule has 0 aromatic heterocycles. The molecule has 30 heavy (non-hydrogen) atoms. The number of alkyl halides is 3. The largest absolute Gasteiger partial charge is 0.489 e. The molecule has 0 fully saturated rings. The Hall–Kier alpha value is -3.25. The lowest BCUT2D eigenvalue weighted by Gasteiger charge is -2.10. The predicted molar refractivity (Wildman–Crippen MR) is 111 cm³/mol. The summed E-state index contributed by atoms with van der Waals surface area (Å²) in [5.74, 6) is 0.0804. The third-order valence-corrected chi connectivity index (χ3v) is 4.44. The Morgan fingerprint density at radius 1 is 1.00 bits per heavy atom. The number of carbonyl (C=O) groups excluding carboxylic acids is 1. The van der Waals surface area contributed by atoms with Crippen molar-refractivity contribution in [3.8, 4) is 5.75 Å². The average molecular weight is 432 g/mol. The van der Waals surface area contributed by atoms with Crippen LogP contribution in [-0.4, -0.2) is 5.91 Å². The molecule has 0 saturated carbocycles. The molecule has 3 aromatic rings. The zero-order valence-electron chi connectivity index (χ0n) is 15.6. The van der Waals surface area contributed by atoms with Crippen LogP contribution in [-0.2, 0) is 17.6 Å². The highest BCUT2D eigenvalue weighted by Crippen LogP contribution is 2.33. The van der Waals surface area contributed by atoms with Gasteiger partial charge in [-0.2, -0.15) is 13.2 Å². The van der Waals surface area contributed by atoms with Crippen LogP contribution < -0.4 is 10.1 Å². The molecule has 0 aliphatic heterocycles. The second-order valence-corrected chi connectivity index (χ2v) is 6.77. The number of carbonyl (C=O) groups is 1. The fraction of sp³-hybridized carbons (Fsp3) is 0.0870. The summed E-state index contributed by atoms with van der Waals surface area (Å²) in [5.41, 5.74) is 0.779. The first-order valence-corrected chi connectivity index (χ1v) is 9.32. The van der Waals surface area contributed by atoms with E-state index >= 15 is 0 Å². The summed E-state index contributed by atoms with van der Waals surface area (Å²) >= 11 is 5.88. The maximum atomic E-state index is 12.8. The molecule has 0 spiro atoms. The van der Waals surface area contributed by atoms with Crippen molar-refractivity contribution >= 4 is 29.3 Å². The van der Waals surface area contributed by atoms with E-state index in [0.29, 0.717) is 12.4 Å². The fourth-order valence-electron chi connectivity index (χ4n) is 2.56. The highest BCUT2D eigenvalue weighted by Gasteiger charge is 2.31. The molecule has 0 unspecified atom stereocenters. The van der Waals surface area contributed by atoms with Crippen molar-refractivity contribution in [1.82, 2.24) is 0 Å². The summed E-state index contributed by atoms with van der Waals surface area (Å²) in [6.45, 7) is 0.441. The maximum Gasteiger partial charge on any atom is 0.416 e. The monoisotopic (exact) mass is 431 g/mol. The Kier molecular flexibility index (Phi) is 6.79. The molecule has 0 aliphatic carbocycles.